The second-order valence-corrected chi connectivity index (χ2v) is 6.74. The minimum absolute atomic E-state index is 0.0909. The van der Waals surface area contributed by atoms with Crippen molar-refractivity contribution in [2.45, 2.75) is 38.8 Å². The van der Waals surface area contributed by atoms with Gasteiger partial charge in [-0.05, 0) is 56.6 Å². The minimum atomic E-state index is -0.339. The lowest BCUT2D eigenvalue weighted by Crippen LogP contribution is -2.45. The van der Waals surface area contributed by atoms with Crippen LogP contribution < -0.4 is 0 Å². The van der Waals surface area contributed by atoms with E-state index in [9.17, 15) is 9.18 Å². The van der Waals surface area contributed by atoms with Crippen molar-refractivity contribution in [3.05, 3.63) is 54.1 Å². The van der Waals surface area contributed by atoms with Crippen molar-refractivity contribution in [2.75, 3.05) is 26.2 Å². The predicted octanol–water partition coefficient (Wildman–Crippen LogP) is 3.10. The van der Waals surface area contributed by atoms with Gasteiger partial charge in [-0.3, -0.25) is 14.4 Å². The number of amides is 1. The predicted molar refractivity (Wildman–Crippen MR) is 99.0 cm³/mol. The van der Waals surface area contributed by atoms with Crippen LogP contribution in [0.4, 0.5) is 4.39 Å². The summed E-state index contributed by atoms with van der Waals surface area (Å²) in [5.74, 6) is -0.183. The summed E-state index contributed by atoms with van der Waals surface area (Å²) in [4.78, 5) is 17.5. The molecule has 140 valence electrons. The van der Waals surface area contributed by atoms with Gasteiger partial charge in [0.1, 0.15) is 11.9 Å². The molecule has 2 aromatic rings. The zero-order valence-electron chi connectivity index (χ0n) is 15.4. The number of carbonyl (C=O) groups is 1. The molecule has 0 unspecified atom stereocenters. The third kappa shape index (κ3) is 4.49. The van der Waals surface area contributed by atoms with E-state index in [0.717, 1.165) is 31.5 Å². The molecule has 0 saturated carbocycles. The van der Waals surface area contributed by atoms with Crippen molar-refractivity contribution in [1.82, 2.24) is 19.6 Å². The van der Waals surface area contributed by atoms with E-state index in [2.05, 4.69) is 10.00 Å². The molecule has 1 saturated heterocycles. The maximum absolute atomic E-state index is 13.4. The molecule has 5 nitrogen and oxygen atoms in total. The van der Waals surface area contributed by atoms with Gasteiger partial charge in [-0.15, -0.1) is 0 Å². The van der Waals surface area contributed by atoms with E-state index in [4.69, 9.17) is 0 Å². The molecule has 26 heavy (non-hydrogen) atoms. The number of nitrogens with zero attached hydrogens (tertiary/aromatic N) is 4. The SMILES string of the molecule is CCN(CCn1cccn1)C(=O)[C@H](c1ccc(F)cc1)N1CCCCC1. The van der Waals surface area contributed by atoms with Crippen LogP contribution >= 0.6 is 0 Å². The number of hydrogen-bond donors (Lipinski definition) is 0. The number of carbonyl (C=O) groups excluding carboxylic acids is 1. The van der Waals surface area contributed by atoms with Crippen LogP contribution in [0.25, 0.3) is 0 Å². The number of hydrogen-bond acceptors (Lipinski definition) is 3. The van der Waals surface area contributed by atoms with Crippen molar-refractivity contribution in [1.29, 1.82) is 0 Å². The first-order chi connectivity index (χ1) is 12.7. The molecule has 1 aliphatic rings. The molecule has 2 heterocycles. The molecule has 1 fully saturated rings. The van der Waals surface area contributed by atoms with Crippen LogP contribution in [-0.2, 0) is 11.3 Å². The molecule has 0 spiro atoms. The maximum atomic E-state index is 13.4. The molecule has 3 rings (SSSR count). The number of halogens is 1. The van der Waals surface area contributed by atoms with Crippen LogP contribution in [0.5, 0.6) is 0 Å². The molecule has 1 aromatic carbocycles. The van der Waals surface area contributed by atoms with Gasteiger partial charge in [0.05, 0.1) is 6.54 Å². The maximum Gasteiger partial charge on any atom is 0.244 e. The second kappa shape index (κ2) is 8.94. The van der Waals surface area contributed by atoms with E-state index in [1.165, 1.54) is 18.6 Å². The first-order valence-electron chi connectivity index (χ1n) is 9.44. The van der Waals surface area contributed by atoms with Gasteiger partial charge >= 0.3 is 0 Å². The first-order valence-corrected chi connectivity index (χ1v) is 9.44. The highest BCUT2D eigenvalue weighted by Gasteiger charge is 2.31. The average Bonchev–Trinajstić information content (AvgIpc) is 3.18. The highest BCUT2D eigenvalue weighted by atomic mass is 19.1. The lowest BCUT2D eigenvalue weighted by molar-refractivity contribution is -0.137. The fraction of sp³-hybridized carbons (Fsp3) is 0.500. The van der Waals surface area contributed by atoms with Crippen molar-refractivity contribution in [2.24, 2.45) is 0 Å². The molecule has 0 N–H and O–H groups in total. The van der Waals surface area contributed by atoms with Gasteiger partial charge in [0.2, 0.25) is 5.91 Å². The van der Waals surface area contributed by atoms with E-state index in [1.807, 2.05) is 28.8 Å². The largest absolute Gasteiger partial charge is 0.339 e. The molecule has 6 heteroatoms. The number of rotatable bonds is 7. The highest BCUT2D eigenvalue weighted by molar-refractivity contribution is 5.83. The quantitative estimate of drug-likeness (QED) is 0.764. The number of aromatic nitrogens is 2. The molecular weight excluding hydrogens is 331 g/mol. The number of piperidine rings is 1. The average molecular weight is 358 g/mol. The Morgan fingerprint density at radius 3 is 2.58 bits per heavy atom. The van der Waals surface area contributed by atoms with Gasteiger partial charge in [0.15, 0.2) is 0 Å². The monoisotopic (exact) mass is 358 g/mol. The smallest absolute Gasteiger partial charge is 0.244 e. The van der Waals surface area contributed by atoms with Gasteiger partial charge in [0, 0.05) is 25.5 Å². The third-order valence-corrected chi connectivity index (χ3v) is 5.03. The van der Waals surface area contributed by atoms with Crippen molar-refractivity contribution < 1.29 is 9.18 Å². The summed E-state index contributed by atoms with van der Waals surface area (Å²) in [5.41, 5.74) is 0.871. The van der Waals surface area contributed by atoms with Crippen LogP contribution in [0.3, 0.4) is 0 Å². The van der Waals surface area contributed by atoms with E-state index in [-0.39, 0.29) is 17.8 Å². The lowest BCUT2D eigenvalue weighted by atomic mass is 10.00. The van der Waals surface area contributed by atoms with Gasteiger partial charge in [-0.1, -0.05) is 18.6 Å². The van der Waals surface area contributed by atoms with E-state index in [1.54, 1.807) is 18.3 Å². The third-order valence-electron chi connectivity index (χ3n) is 5.03. The fourth-order valence-electron chi connectivity index (χ4n) is 3.58. The Morgan fingerprint density at radius 2 is 1.96 bits per heavy atom. The van der Waals surface area contributed by atoms with Crippen LogP contribution in [-0.4, -0.2) is 51.7 Å². The molecule has 1 amide bonds. The van der Waals surface area contributed by atoms with Crippen molar-refractivity contribution in [3.8, 4) is 0 Å². The van der Waals surface area contributed by atoms with Gasteiger partial charge in [-0.25, -0.2) is 4.39 Å². The number of benzene rings is 1. The molecule has 1 atom stereocenters. The standard InChI is InChI=1S/C20H27FN4O/c1-2-23(15-16-25-14-6-11-22-25)20(26)19(24-12-4-3-5-13-24)17-7-9-18(21)10-8-17/h6-11,14,19H,2-5,12-13,15-16H2,1H3/t19-/m0/s1. The normalized spacial score (nSPS) is 16.4. The van der Waals surface area contributed by atoms with Crippen LogP contribution in [0, 0.1) is 5.82 Å². The second-order valence-electron chi connectivity index (χ2n) is 6.74. The van der Waals surface area contributed by atoms with Crippen LogP contribution in [0.2, 0.25) is 0 Å². The Kier molecular flexibility index (Phi) is 6.39. The van der Waals surface area contributed by atoms with Crippen molar-refractivity contribution >= 4 is 5.91 Å². The molecule has 0 radical (unpaired) electrons. The summed E-state index contributed by atoms with van der Waals surface area (Å²) in [7, 11) is 0. The molecule has 0 aliphatic carbocycles. The minimum Gasteiger partial charge on any atom is -0.339 e. The Hall–Kier alpha value is -2.21. The van der Waals surface area contributed by atoms with Gasteiger partial charge < -0.3 is 4.90 Å². The molecule has 1 aliphatic heterocycles. The molecule has 0 bridgehead atoms. The number of likely N-dealkylation sites (N-methyl/N-ethyl adjacent to an activating group) is 1. The zero-order valence-corrected chi connectivity index (χ0v) is 15.4. The van der Waals surface area contributed by atoms with Gasteiger partial charge in [-0.2, -0.15) is 5.10 Å². The Labute approximate surface area is 154 Å². The van der Waals surface area contributed by atoms with E-state index < -0.39 is 0 Å². The summed E-state index contributed by atoms with van der Waals surface area (Å²) in [6.45, 7) is 5.74. The summed E-state index contributed by atoms with van der Waals surface area (Å²) >= 11 is 0. The topological polar surface area (TPSA) is 41.4 Å². The van der Waals surface area contributed by atoms with Crippen molar-refractivity contribution in [3.63, 3.8) is 0 Å². The summed E-state index contributed by atoms with van der Waals surface area (Å²) in [6, 6.07) is 7.92. The first kappa shape index (κ1) is 18.6. The molecule has 1 aromatic heterocycles. The highest BCUT2D eigenvalue weighted by Crippen LogP contribution is 2.27. The zero-order chi connectivity index (χ0) is 18.4. The van der Waals surface area contributed by atoms with E-state index in [0.29, 0.717) is 19.6 Å². The Bertz CT molecular complexity index is 680. The summed E-state index contributed by atoms with van der Waals surface area (Å²) in [6.07, 6.45) is 7.06. The summed E-state index contributed by atoms with van der Waals surface area (Å²) < 4.78 is 15.2. The fourth-order valence-corrected chi connectivity index (χ4v) is 3.58. The molecular formula is C20H27FN4O. The number of likely N-dealkylation sites (tertiary alicyclic amines) is 1. The lowest BCUT2D eigenvalue weighted by Gasteiger charge is -2.36. The van der Waals surface area contributed by atoms with Crippen LogP contribution in [0.1, 0.15) is 37.8 Å². The Balaban J connectivity index is 1.78. The van der Waals surface area contributed by atoms with E-state index >= 15 is 0 Å². The Morgan fingerprint density at radius 1 is 1.23 bits per heavy atom. The van der Waals surface area contributed by atoms with Crippen LogP contribution in [0.15, 0.2) is 42.7 Å². The summed E-state index contributed by atoms with van der Waals surface area (Å²) in [5, 5.41) is 4.21. The van der Waals surface area contributed by atoms with Gasteiger partial charge in [0.25, 0.3) is 0 Å².